The molecule has 1 aromatic carbocycles. The van der Waals surface area contributed by atoms with E-state index in [9.17, 15) is 0 Å². The van der Waals surface area contributed by atoms with Crippen molar-refractivity contribution in [2.75, 3.05) is 0 Å². The SMILES string of the molecule is Cc1ccc(C(N)C2C3CC4CC(C3)CC2C4)cc1Cl. The molecule has 2 N–H and O–H groups in total. The van der Waals surface area contributed by atoms with E-state index >= 15 is 0 Å². The van der Waals surface area contributed by atoms with E-state index in [1.54, 1.807) is 0 Å². The zero-order chi connectivity index (χ0) is 13.9. The number of rotatable bonds is 2. The summed E-state index contributed by atoms with van der Waals surface area (Å²) in [6.07, 6.45) is 7.25. The van der Waals surface area contributed by atoms with Gasteiger partial charge in [0.15, 0.2) is 0 Å². The molecule has 0 amide bonds. The van der Waals surface area contributed by atoms with Crippen LogP contribution in [-0.4, -0.2) is 0 Å². The Morgan fingerprint density at radius 1 is 1.05 bits per heavy atom. The maximum absolute atomic E-state index is 6.68. The molecule has 1 nitrogen and oxygen atoms in total. The van der Waals surface area contributed by atoms with Gasteiger partial charge in [0.25, 0.3) is 0 Å². The molecule has 4 bridgehead atoms. The summed E-state index contributed by atoms with van der Waals surface area (Å²) in [5.41, 5.74) is 9.07. The third kappa shape index (κ3) is 2.02. The third-order valence-electron chi connectivity index (χ3n) is 6.30. The van der Waals surface area contributed by atoms with E-state index < -0.39 is 0 Å². The van der Waals surface area contributed by atoms with Crippen molar-refractivity contribution >= 4 is 11.6 Å². The molecule has 4 fully saturated rings. The molecule has 0 aromatic heterocycles. The Balaban J connectivity index is 1.62. The van der Waals surface area contributed by atoms with Crippen LogP contribution in [0.25, 0.3) is 0 Å². The van der Waals surface area contributed by atoms with Gasteiger partial charge in [-0.3, -0.25) is 0 Å². The zero-order valence-electron chi connectivity index (χ0n) is 12.2. The van der Waals surface area contributed by atoms with Gasteiger partial charge in [-0.15, -0.1) is 0 Å². The second-order valence-electron chi connectivity index (χ2n) is 7.54. The van der Waals surface area contributed by atoms with E-state index in [0.29, 0.717) is 5.92 Å². The highest BCUT2D eigenvalue weighted by atomic mass is 35.5. The van der Waals surface area contributed by atoms with Crippen molar-refractivity contribution in [2.24, 2.45) is 35.3 Å². The molecular weight excluding hydrogens is 266 g/mol. The summed E-state index contributed by atoms with van der Waals surface area (Å²) in [5.74, 6) is 4.48. The second-order valence-corrected chi connectivity index (χ2v) is 7.95. The van der Waals surface area contributed by atoms with E-state index in [1.165, 1.54) is 37.7 Å². The van der Waals surface area contributed by atoms with Crippen molar-refractivity contribution in [3.05, 3.63) is 34.3 Å². The Hall–Kier alpha value is -0.530. The lowest BCUT2D eigenvalue weighted by molar-refractivity contribution is -0.0471. The number of nitrogens with two attached hydrogens (primary N) is 1. The summed E-state index contributed by atoms with van der Waals surface area (Å²) in [7, 11) is 0. The van der Waals surface area contributed by atoms with Crippen LogP contribution in [0.15, 0.2) is 18.2 Å². The van der Waals surface area contributed by atoms with Crippen LogP contribution in [0.1, 0.15) is 49.3 Å². The van der Waals surface area contributed by atoms with Gasteiger partial charge in [0.1, 0.15) is 0 Å². The Morgan fingerprint density at radius 2 is 1.65 bits per heavy atom. The van der Waals surface area contributed by atoms with E-state index in [0.717, 1.165) is 34.3 Å². The van der Waals surface area contributed by atoms with Gasteiger partial charge in [-0.05, 0) is 85.8 Å². The molecule has 1 atom stereocenters. The molecule has 1 aromatic rings. The van der Waals surface area contributed by atoms with Crippen LogP contribution in [0, 0.1) is 36.5 Å². The molecule has 0 spiro atoms. The average Bonchev–Trinajstić information content (AvgIpc) is 2.40. The highest BCUT2D eigenvalue weighted by molar-refractivity contribution is 6.31. The summed E-state index contributed by atoms with van der Waals surface area (Å²) in [4.78, 5) is 0. The van der Waals surface area contributed by atoms with Crippen LogP contribution in [0.5, 0.6) is 0 Å². The van der Waals surface area contributed by atoms with Gasteiger partial charge in [-0.25, -0.2) is 0 Å². The monoisotopic (exact) mass is 289 g/mol. The first kappa shape index (κ1) is 13.2. The fraction of sp³-hybridized carbons (Fsp3) is 0.667. The van der Waals surface area contributed by atoms with Crippen LogP contribution >= 0.6 is 11.6 Å². The predicted octanol–water partition coefficient (Wildman–Crippen LogP) is 4.72. The standard InChI is InChI=1S/C18H24ClN/c1-10-2-3-13(9-16(10)19)18(20)17-14-5-11-4-12(7-14)8-15(17)6-11/h2-3,9,11-12,14-15,17-18H,4-8,20H2,1H3. The fourth-order valence-corrected chi connectivity index (χ4v) is 5.78. The fourth-order valence-electron chi connectivity index (χ4n) is 5.59. The molecule has 0 saturated heterocycles. The quantitative estimate of drug-likeness (QED) is 0.837. The van der Waals surface area contributed by atoms with Gasteiger partial charge in [-0.1, -0.05) is 23.7 Å². The van der Waals surface area contributed by atoms with Gasteiger partial charge < -0.3 is 5.73 Å². The average molecular weight is 290 g/mol. The minimum absolute atomic E-state index is 0.183. The highest BCUT2D eigenvalue weighted by Crippen LogP contribution is 2.59. The number of hydrogen-bond acceptors (Lipinski definition) is 1. The first-order valence-electron chi connectivity index (χ1n) is 8.13. The smallest absolute Gasteiger partial charge is 0.0438 e. The Labute approximate surface area is 126 Å². The van der Waals surface area contributed by atoms with Crippen molar-refractivity contribution in [3.63, 3.8) is 0 Å². The predicted molar refractivity (Wildman–Crippen MR) is 83.7 cm³/mol. The van der Waals surface area contributed by atoms with Crippen molar-refractivity contribution in [3.8, 4) is 0 Å². The van der Waals surface area contributed by atoms with E-state index in [4.69, 9.17) is 17.3 Å². The van der Waals surface area contributed by atoms with Gasteiger partial charge in [0.05, 0.1) is 0 Å². The number of aryl methyl sites for hydroxylation is 1. The molecule has 0 aliphatic heterocycles. The summed E-state index contributed by atoms with van der Waals surface area (Å²) in [6, 6.07) is 6.60. The molecule has 4 aliphatic carbocycles. The largest absolute Gasteiger partial charge is 0.324 e. The minimum Gasteiger partial charge on any atom is -0.324 e. The number of halogens is 1. The molecule has 108 valence electrons. The molecule has 20 heavy (non-hydrogen) atoms. The van der Waals surface area contributed by atoms with Crippen molar-refractivity contribution in [1.29, 1.82) is 0 Å². The first-order valence-corrected chi connectivity index (χ1v) is 8.51. The lowest BCUT2D eigenvalue weighted by Crippen LogP contribution is -2.48. The molecule has 4 saturated carbocycles. The summed E-state index contributed by atoms with van der Waals surface area (Å²) < 4.78 is 0. The zero-order valence-corrected chi connectivity index (χ0v) is 12.9. The summed E-state index contributed by atoms with van der Waals surface area (Å²) in [5, 5.41) is 0.863. The molecule has 1 unspecified atom stereocenters. The summed E-state index contributed by atoms with van der Waals surface area (Å²) in [6.45, 7) is 2.06. The van der Waals surface area contributed by atoms with E-state index in [1.807, 2.05) is 0 Å². The van der Waals surface area contributed by atoms with E-state index in [-0.39, 0.29) is 6.04 Å². The topological polar surface area (TPSA) is 26.0 Å². The molecule has 5 rings (SSSR count). The van der Waals surface area contributed by atoms with Crippen molar-refractivity contribution in [1.82, 2.24) is 0 Å². The first-order chi connectivity index (χ1) is 9.61. The minimum atomic E-state index is 0.183. The van der Waals surface area contributed by atoms with Crippen molar-refractivity contribution in [2.45, 2.75) is 45.1 Å². The van der Waals surface area contributed by atoms with Crippen LogP contribution < -0.4 is 5.73 Å². The van der Waals surface area contributed by atoms with Crippen LogP contribution in [0.2, 0.25) is 5.02 Å². The molecule has 2 heteroatoms. The lowest BCUT2D eigenvalue weighted by Gasteiger charge is -2.56. The van der Waals surface area contributed by atoms with Gasteiger partial charge in [-0.2, -0.15) is 0 Å². The van der Waals surface area contributed by atoms with Gasteiger partial charge >= 0.3 is 0 Å². The van der Waals surface area contributed by atoms with Crippen molar-refractivity contribution < 1.29 is 0 Å². The maximum Gasteiger partial charge on any atom is 0.0438 e. The summed E-state index contributed by atoms with van der Waals surface area (Å²) >= 11 is 6.29. The van der Waals surface area contributed by atoms with Gasteiger partial charge in [0, 0.05) is 11.1 Å². The molecule has 4 aliphatic rings. The Kier molecular flexibility index (Phi) is 3.12. The Morgan fingerprint density at radius 3 is 2.20 bits per heavy atom. The maximum atomic E-state index is 6.68. The molecule has 0 heterocycles. The second kappa shape index (κ2) is 4.74. The van der Waals surface area contributed by atoms with Crippen LogP contribution in [0.3, 0.4) is 0 Å². The normalized spacial score (nSPS) is 40.0. The highest BCUT2D eigenvalue weighted by Gasteiger charge is 2.50. The lowest BCUT2D eigenvalue weighted by atomic mass is 9.50. The number of hydrogen-bond donors (Lipinski definition) is 1. The molecular formula is C18H24ClN. The third-order valence-corrected chi connectivity index (χ3v) is 6.70. The number of benzene rings is 1. The van der Waals surface area contributed by atoms with Crippen LogP contribution in [0.4, 0.5) is 0 Å². The Bertz CT molecular complexity index is 496. The van der Waals surface area contributed by atoms with Crippen LogP contribution in [-0.2, 0) is 0 Å². The molecule has 0 radical (unpaired) electrons. The van der Waals surface area contributed by atoms with Gasteiger partial charge in [0.2, 0.25) is 0 Å². The van der Waals surface area contributed by atoms with E-state index in [2.05, 4.69) is 25.1 Å².